The largest absolute Gasteiger partial charge is 0.397 e. The number of rotatable bonds is 3. The molecule has 1 atom stereocenters. The zero-order chi connectivity index (χ0) is 14.4. The molecular formula is C15H18N4OS. The first-order valence-corrected chi connectivity index (χ1v) is 8.22. The maximum absolute atomic E-state index is 12.5. The van der Waals surface area contributed by atoms with Gasteiger partial charge >= 0.3 is 0 Å². The summed E-state index contributed by atoms with van der Waals surface area (Å²) in [6.07, 6.45) is 5.39. The minimum Gasteiger partial charge on any atom is -0.397 e. The van der Waals surface area contributed by atoms with Gasteiger partial charge in [-0.3, -0.25) is 9.69 Å². The average Bonchev–Trinajstić information content (AvgIpc) is 3.15. The number of carbonyl (C=O) groups excluding carboxylic acids is 1. The zero-order valence-corrected chi connectivity index (χ0v) is 12.5. The smallest absolute Gasteiger partial charge is 0.263 e. The number of likely N-dealkylation sites (tertiary alicyclic amines) is 1. The molecule has 0 spiro atoms. The first-order valence-electron chi connectivity index (χ1n) is 7.40. The van der Waals surface area contributed by atoms with Crippen molar-refractivity contribution in [1.29, 1.82) is 0 Å². The first kappa shape index (κ1) is 13.0. The normalized spacial score (nSPS) is 22.8. The van der Waals surface area contributed by atoms with Crippen molar-refractivity contribution in [3.8, 4) is 0 Å². The summed E-state index contributed by atoms with van der Waals surface area (Å²) in [7, 11) is 0. The van der Waals surface area contributed by atoms with Gasteiger partial charge in [-0.2, -0.15) is 0 Å². The molecule has 21 heavy (non-hydrogen) atoms. The quantitative estimate of drug-likeness (QED) is 0.907. The highest BCUT2D eigenvalue weighted by atomic mass is 32.1. The molecule has 3 N–H and O–H groups in total. The highest BCUT2D eigenvalue weighted by Gasteiger charge is 2.35. The average molecular weight is 302 g/mol. The van der Waals surface area contributed by atoms with Crippen LogP contribution in [0, 0.1) is 0 Å². The summed E-state index contributed by atoms with van der Waals surface area (Å²) in [5, 5.41) is 4.01. The van der Waals surface area contributed by atoms with Crippen LogP contribution >= 0.6 is 11.3 Å². The van der Waals surface area contributed by atoms with Gasteiger partial charge < -0.3 is 11.1 Å². The lowest BCUT2D eigenvalue weighted by molar-refractivity contribution is 0.0942. The molecule has 110 valence electrons. The van der Waals surface area contributed by atoms with Crippen molar-refractivity contribution < 1.29 is 4.79 Å². The van der Waals surface area contributed by atoms with Crippen molar-refractivity contribution in [2.45, 2.75) is 31.3 Å². The Morgan fingerprint density at radius 3 is 3.05 bits per heavy atom. The Bertz CT molecular complexity index is 694. The molecule has 5 nitrogen and oxygen atoms in total. The van der Waals surface area contributed by atoms with Crippen LogP contribution in [0.15, 0.2) is 18.3 Å². The number of aromatic nitrogens is 1. The Labute approximate surface area is 127 Å². The van der Waals surface area contributed by atoms with Crippen LogP contribution in [0.2, 0.25) is 0 Å². The Kier molecular flexibility index (Phi) is 3.08. The standard InChI is InChI=1S/C15H18N4OS/c16-12-11-2-1-6-17-15(11)21-13(12)14(20)18-9-5-7-19(8-9)10-3-4-10/h1-2,6,9-10H,3-5,7-8,16H2,(H,18,20). The van der Waals surface area contributed by atoms with Gasteiger partial charge in [-0.05, 0) is 31.4 Å². The molecule has 0 aromatic carbocycles. The van der Waals surface area contributed by atoms with E-state index in [1.807, 2.05) is 12.1 Å². The van der Waals surface area contributed by atoms with Gasteiger partial charge in [-0.1, -0.05) is 0 Å². The Balaban J connectivity index is 1.50. The molecule has 2 fully saturated rings. The molecule has 1 saturated carbocycles. The van der Waals surface area contributed by atoms with Crippen LogP contribution < -0.4 is 11.1 Å². The molecule has 1 unspecified atom stereocenters. The second kappa shape index (κ2) is 4.96. The predicted octanol–water partition coefficient (Wildman–Crippen LogP) is 1.84. The fraction of sp³-hybridized carbons (Fsp3) is 0.467. The number of carbonyl (C=O) groups is 1. The van der Waals surface area contributed by atoms with Gasteiger partial charge in [0.2, 0.25) is 0 Å². The summed E-state index contributed by atoms with van der Waals surface area (Å²) >= 11 is 1.37. The number of anilines is 1. The van der Waals surface area contributed by atoms with Gasteiger partial charge in [0.05, 0.1) is 5.69 Å². The van der Waals surface area contributed by atoms with E-state index in [1.54, 1.807) is 6.20 Å². The molecule has 2 aromatic heterocycles. The number of hydrogen-bond acceptors (Lipinski definition) is 5. The third kappa shape index (κ3) is 2.38. The van der Waals surface area contributed by atoms with E-state index in [1.165, 1.54) is 24.2 Å². The summed E-state index contributed by atoms with van der Waals surface area (Å²) in [5.74, 6) is -0.0573. The molecule has 4 rings (SSSR count). The van der Waals surface area contributed by atoms with Crippen LogP contribution in [0.1, 0.15) is 28.9 Å². The van der Waals surface area contributed by atoms with E-state index in [0.717, 1.165) is 35.8 Å². The van der Waals surface area contributed by atoms with E-state index in [2.05, 4.69) is 15.2 Å². The number of pyridine rings is 1. The first-order chi connectivity index (χ1) is 10.2. The van der Waals surface area contributed by atoms with Crippen molar-refractivity contribution >= 4 is 33.1 Å². The highest BCUT2D eigenvalue weighted by molar-refractivity contribution is 7.21. The Hall–Kier alpha value is -1.66. The van der Waals surface area contributed by atoms with Crippen LogP contribution in [-0.2, 0) is 0 Å². The van der Waals surface area contributed by atoms with E-state index in [9.17, 15) is 4.79 Å². The van der Waals surface area contributed by atoms with Gasteiger partial charge in [-0.15, -0.1) is 11.3 Å². The minimum absolute atomic E-state index is 0.0573. The molecule has 6 heteroatoms. The number of amides is 1. The zero-order valence-electron chi connectivity index (χ0n) is 11.7. The van der Waals surface area contributed by atoms with E-state index in [4.69, 9.17) is 5.73 Å². The number of nitrogen functional groups attached to an aromatic ring is 1. The van der Waals surface area contributed by atoms with Gasteiger partial charge in [-0.25, -0.2) is 4.98 Å². The monoisotopic (exact) mass is 302 g/mol. The lowest BCUT2D eigenvalue weighted by Gasteiger charge is -2.15. The third-order valence-corrected chi connectivity index (χ3v) is 5.46. The van der Waals surface area contributed by atoms with Crippen LogP contribution in [0.25, 0.3) is 10.2 Å². The van der Waals surface area contributed by atoms with Crippen molar-refractivity contribution in [2.75, 3.05) is 18.8 Å². The summed E-state index contributed by atoms with van der Waals surface area (Å²) in [5.41, 5.74) is 6.65. The van der Waals surface area contributed by atoms with Gasteiger partial charge in [0.25, 0.3) is 5.91 Å². The lowest BCUT2D eigenvalue weighted by Crippen LogP contribution is -2.37. The SMILES string of the molecule is Nc1c(C(=O)NC2CCN(C3CC3)C2)sc2ncccc12. The molecule has 3 heterocycles. The molecule has 1 amide bonds. The second-order valence-corrected chi connectivity index (χ2v) is 6.89. The molecule has 2 aliphatic rings. The van der Waals surface area contributed by atoms with Gasteiger partial charge in [0.15, 0.2) is 0 Å². The summed E-state index contributed by atoms with van der Waals surface area (Å²) in [6, 6.07) is 4.77. The highest BCUT2D eigenvalue weighted by Crippen LogP contribution is 2.33. The van der Waals surface area contributed by atoms with Gasteiger partial charge in [0, 0.05) is 36.8 Å². The molecule has 1 aliphatic heterocycles. The van der Waals surface area contributed by atoms with E-state index in [-0.39, 0.29) is 11.9 Å². The number of fused-ring (bicyclic) bond motifs is 1. The second-order valence-electron chi connectivity index (χ2n) is 5.89. The molecule has 1 saturated heterocycles. The Morgan fingerprint density at radius 2 is 2.29 bits per heavy atom. The molecule has 2 aromatic rings. The number of nitrogens with zero attached hydrogens (tertiary/aromatic N) is 2. The maximum Gasteiger partial charge on any atom is 0.263 e. The molecular weight excluding hydrogens is 284 g/mol. The number of nitrogens with one attached hydrogen (secondary N) is 1. The van der Waals surface area contributed by atoms with Crippen LogP contribution in [0.5, 0.6) is 0 Å². The van der Waals surface area contributed by atoms with Crippen LogP contribution in [-0.4, -0.2) is 41.0 Å². The van der Waals surface area contributed by atoms with E-state index >= 15 is 0 Å². The fourth-order valence-corrected chi connectivity index (χ4v) is 4.01. The van der Waals surface area contributed by atoms with Crippen LogP contribution in [0.3, 0.4) is 0 Å². The predicted molar refractivity (Wildman–Crippen MR) is 84.5 cm³/mol. The number of nitrogens with two attached hydrogens (primary N) is 1. The summed E-state index contributed by atoms with van der Waals surface area (Å²) < 4.78 is 0. The fourth-order valence-electron chi connectivity index (χ4n) is 3.05. The molecule has 0 bridgehead atoms. The summed E-state index contributed by atoms with van der Waals surface area (Å²) in [4.78, 5) is 20.6. The lowest BCUT2D eigenvalue weighted by atomic mass is 10.2. The topological polar surface area (TPSA) is 71.2 Å². The maximum atomic E-state index is 12.5. The van der Waals surface area contributed by atoms with Crippen molar-refractivity contribution in [1.82, 2.24) is 15.2 Å². The van der Waals surface area contributed by atoms with E-state index < -0.39 is 0 Å². The van der Waals surface area contributed by atoms with Crippen LogP contribution in [0.4, 0.5) is 5.69 Å². The molecule has 1 aliphatic carbocycles. The van der Waals surface area contributed by atoms with Crippen molar-refractivity contribution in [3.05, 3.63) is 23.2 Å². The number of thiophene rings is 1. The minimum atomic E-state index is -0.0573. The third-order valence-electron chi connectivity index (χ3n) is 4.33. The van der Waals surface area contributed by atoms with Crippen molar-refractivity contribution in [3.63, 3.8) is 0 Å². The Morgan fingerprint density at radius 1 is 1.43 bits per heavy atom. The molecule has 0 radical (unpaired) electrons. The summed E-state index contributed by atoms with van der Waals surface area (Å²) in [6.45, 7) is 2.07. The van der Waals surface area contributed by atoms with Gasteiger partial charge in [0.1, 0.15) is 9.71 Å². The van der Waals surface area contributed by atoms with Crippen molar-refractivity contribution in [2.24, 2.45) is 0 Å². The number of hydrogen-bond donors (Lipinski definition) is 2. The van der Waals surface area contributed by atoms with E-state index in [0.29, 0.717) is 10.6 Å².